The Kier molecular flexibility index (Phi) is 1.43. The highest BCUT2D eigenvalue weighted by atomic mass is 16.4. The van der Waals surface area contributed by atoms with E-state index in [0.717, 1.165) is 17.7 Å². The third-order valence-corrected chi connectivity index (χ3v) is 1.90. The first kappa shape index (κ1) is 7.03. The maximum atomic E-state index is 10.7. The number of allylic oxidation sites excluding steroid dienone is 1. The fraction of sp³-hybridized carbons (Fsp3) is 0.111. The second kappa shape index (κ2) is 2.44. The second-order valence-corrected chi connectivity index (χ2v) is 2.63. The minimum absolute atomic E-state index is 0.341. The van der Waals surface area contributed by atoms with Crippen LogP contribution in [0.1, 0.15) is 21.6 Å². The summed E-state index contributed by atoms with van der Waals surface area (Å²) in [5, 5.41) is 8.79. The van der Waals surface area contributed by atoms with Crippen molar-refractivity contribution in [2.75, 3.05) is 0 Å². The predicted molar refractivity (Wildman–Crippen MR) is 43.9 cm³/mol. The van der Waals surface area contributed by atoms with Gasteiger partial charge in [-0.2, -0.15) is 0 Å². The maximum Gasteiger partial charge on any atom is 0.336 e. The summed E-state index contributed by atoms with van der Waals surface area (Å²) < 4.78 is 0. The summed E-state index contributed by atoms with van der Waals surface area (Å²) >= 11 is 0. The second-order valence-electron chi connectivity index (χ2n) is 2.63. The third-order valence-electron chi connectivity index (χ3n) is 1.90. The Labute approximate surface area is 69.4 Å². The van der Waals surface area contributed by atoms with E-state index in [4.69, 9.17) is 5.11 Å². The van der Waals surface area contributed by atoms with Crippen molar-refractivity contribution in [1.29, 1.82) is 0 Å². The van der Waals surface area contributed by atoms with Gasteiger partial charge in [-0.15, -0.1) is 0 Å². The molecule has 3 heteroatoms. The first-order chi connectivity index (χ1) is 5.79. The van der Waals surface area contributed by atoms with E-state index in [1.165, 1.54) is 12.3 Å². The number of rotatable bonds is 1. The van der Waals surface area contributed by atoms with E-state index < -0.39 is 5.97 Å². The lowest BCUT2D eigenvalue weighted by Gasteiger charge is -2.00. The normalized spacial score (nSPS) is 13.0. The summed E-state index contributed by atoms with van der Waals surface area (Å²) in [6.45, 7) is 0. The molecule has 1 aromatic heterocycles. The minimum Gasteiger partial charge on any atom is -0.478 e. The largest absolute Gasteiger partial charge is 0.478 e. The van der Waals surface area contributed by atoms with Crippen LogP contribution in [-0.2, 0) is 6.42 Å². The van der Waals surface area contributed by atoms with Crippen LogP contribution in [0.4, 0.5) is 0 Å². The molecular weight excluding hydrogens is 154 g/mol. The molecule has 0 aromatic carbocycles. The van der Waals surface area contributed by atoms with E-state index in [9.17, 15) is 4.79 Å². The fourth-order valence-corrected chi connectivity index (χ4v) is 1.34. The van der Waals surface area contributed by atoms with Gasteiger partial charge < -0.3 is 5.11 Å². The van der Waals surface area contributed by atoms with Crippen LogP contribution in [0.5, 0.6) is 0 Å². The predicted octanol–water partition coefficient (Wildman–Crippen LogP) is 1.35. The molecule has 0 atom stereocenters. The molecule has 60 valence electrons. The Balaban J connectivity index is 2.63. The van der Waals surface area contributed by atoms with Crippen molar-refractivity contribution in [3.05, 3.63) is 35.2 Å². The van der Waals surface area contributed by atoms with Gasteiger partial charge in [0.25, 0.3) is 0 Å². The number of nitrogens with zero attached hydrogens (tertiary/aromatic N) is 1. The van der Waals surface area contributed by atoms with Gasteiger partial charge in [0.1, 0.15) is 0 Å². The Morgan fingerprint density at radius 3 is 3.17 bits per heavy atom. The van der Waals surface area contributed by atoms with Gasteiger partial charge in [0, 0.05) is 18.2 Å². The molecule has 0 unspecified atom stereocenters. The van der Waals surface area contributed by atoms with E-state index in [1.807, 2.05) is 12.2 Å². The lowest BCUT2D eigenvalue weighted by Crippen LogP contribution is -2.01. The molecule has 0 aliphatic heterocycles. The van der Waals surface area contributed by atoms with Crippen molar-refractivity contribution in [1.82, 2.24) is 4.98 Å². The van der Waals surface area contributed by atoms with Crippen molar-refractivity contribution in [2.24, 2.45) is 0 Å². The molecule has 0 bridgehead atoms. The van der Waals surface area contributed by atoms with Gasteiger partial charge in [-0.3, -0.25) is 4.98 Å². The maximum absolute atomic E-state index is 10.7. The summed E-state index contributed by atoms with van der Waals surface area (Å²) in [6, 6.07) is 1.52. The van der Waals surface area contributed by atoms with Crippen molar-refractivity contribution in [3.63, 3.8) is 0 Å². The molecule has 0 amide bonds. The molecule has 3 nitrogen and oxygen atoms in total. The van der Waals surface area contributed by atoms with Gasteiger partial charge in [-0.25, -0.2) is 4.79 Å². The Morgan fingerprint density at radius 2 is 2.42 bits per heavy atom. The molecule has 0 saturated carbocycles. The molecule has 0 fully saturated rings. The first-order valence-electron chi connectivity index (χ1n) is 3.67. The first-order valence-corrected chi connectivity index (χ1v) is 3.67. The summed E-state index contributed by atoms with van der Waals surface area (Å²) in [6.07, 6.45) is 6.02. The molecule has 0 saturated heterocycles. The lowest BCUT2D eigenvalue weighted by atomic mass is 10.1. The van der Waals surface area contributed by atoms with Crippen LogP contribution in [0.15, 0.2) is 18.3 Å². The summed E-state index contributed by atoms with van der Waals surface area (Å²) in [7, 11) is 0. The molecule has 1 aromatic rings. The number of carboxylic acid groups (broad SMARTS) is 1. The van der Waals surface area contributed by atoms with Crippen LogP contribution in [0.3, 0.4) is 0 Å². The zero-order chi connectivity index (χ0) is 8.55. The molecule has 1 aliphatic rings. The molecule has 0 spiro atoms. The lowest BCUT2D eigenvalue weighted by molar-refractivity contribution is 0.0696. The highest BCUT2D eigenvalue weighted by molar-refractivity contribution is 5.93. The highest BCUT2D eigenvalue weighted by Crippen LogP contribution is 2.20. The zero-order valence-electron chi connectivity index (χ0n) is 6.32. The summed E-state index contributed by atoms with van der Waals surface area (Å²) in [5.74, 6) is -0.889. The van der Waals surface area contributed by atoms with Gasteiger partial charge in [-0.05, 0) is 6.07 Å². The van der Waals surface area contributed by atoms with Crippen LogP contribution in [0.25, 0.3) is 6.08 Å². The molecule has 1 aliphatic carbocycles. The standard InChI is InChI=1S/C9H7NO2/c11-9(12)7-4-5-10-8-3-1-2-6(7)8/h1-2,4-5H,3H2,(H,11,12). The van der Waals surface area contributed by atoms with Crippen molar-refractivity contribution >= 4 is 12.0 Å². The zero-order valence-corrected chi connectivity index (χ0v) is 6.32. The van der Waals surface area contributed by atoms with E-state index in [-0.39, 0.29) is 0 Å². The van der Waals surface area contributed by atoms with E-state index >= 15 is 0 Å². The number of aromatic nitrogens is 1. The van der Waals surface area contributed by atoms with Crippen LogP contribution >= 0.6 is 0 Å². The van der Waals surface area contributed by atoms with E-state index in [0.29, 0.717) is 5.56 Å². The quantitative estimate of drug-likeness (QED) is 0.676. The van der Waals surface area contributed by atoms with Crippen molar-refractivity contribution in [3.8, 4) is 0 Å². The minimum atomic E-state index is -0.889. The Morgan fingerprint density at radius 1 is 1.58 bits per heavy atom. The van der Waals surface area contributed by atoms with Crippen molar-refractivity contribution in [2.45, 2.75) is 6.42 Å². The average Bonchev–Trinajstić information content (AvgIpc) is 2.49. The molecule has 12 heavy (non-hydrogen) atoms. The molecule has 0 radical (unpaired) electrons. The molecule has 1 N–H and O–H groups in total. The van der Waals surface area contributed by atoms with Crippen LogP contribution in [-0.4, -0.2) is 16.1 Å². The fourth-order valence-electron chi connectivity index (χ4n) is 1.34. The SMILES string of the molecule is O=C(O)c1ccnc2c1C=CC2. The number of hydrogen-bond acceptors (Lipinski definition) is 2. The third kappa shape index (κ3) is 0.906. The Bertz CT molecular complexity index is 369. The van der Waals surface area contributed by atoms with Crippen LogP contribution in [0, 0.1) is 0 Å². The van der Waals surface area contributed by atoms with Gasteiger partial charge in [0.15, 0.2) is 0 Å². The smallest absolute Gasteiger partial charge is 0.336 e. The summed E-state index contributed by atoms with van der Waals surface area (Å²) in [4.78, 5) is 14.8. The van der Waals surface area contributed by atoms with Crippen molar-refractivity contribution < 1.29 is 9.90 Å². The topological polar surface area (TPSA) is 50.2 Å². The Hall–Kier alpha value is -1.64. The molecule has 1 heterocycles. The molecular formula is C9H7NO2. The number of carbonyl (C=O) groups is 1. The number of fused-ring (bicyclic) bond motifs is 1. The average molecular weight is 161 g/mol. The van der Waals surface area contributed by atoms with Gasteiger partial charge >= 0.3 is 5.97 Å². The molecule has 2 rings (SSSR count). The number of carboxylic acids is 1. The summed E-state index contributed by atoms with van der Waals surface area (Å²) in [5.41, 5.74) is 1.95. The van der Waals surface area contributed by atoms with Gasteiger partial charge in [0.2, 0.25) is 0 Å². The monoisotopic (exact) mass is 161 g/mol. The van der Waals surface area contributed by atoms with Crippen LogP contribution < -0.4 is 0 Å². The number of pyridine rings is 1. The van der Waals surface area contributed by atoms with E-state index in [1.54, 1.807) is 0 Å². The van der Waals surface area contributed by atoms with E-state index in [2.05, 4.69) is 4.98 Å². The van der Waals surface area contributed by atoms with Crippen LogP contribution in [0.2, 0.25) is 0 Å². The highest BCUT2D eigenvalue weighted by Gasteiger charge is 2.14. The van der Waals surface area contributed by atoms with Gasteiger partial charge in [-0.1, -0.05) is 12.2 Å². The number of hydrogen-bond donors (Lipinski definition) is 1. The number of aromatic carboxylic acids is 1. The van der Waals surface area contributed by atoms with Gasteiger partial charge in [0.05, 0.1) is 11.3 Å².